The number of methoxy groups -OCH3 is 1. The number of aryl methyl sites for hydroxylation is 2. The summed E-state index contributed by atoms with van der Waals surface area (Å²) in [6, 6.07) is 18.6. The first-order valence-corrected chi connectivity index (χ1v) is 12.1. The molecule has 1 saturated heterocycles. The zero-order chi connectivity index (χ0) is 23.7. The molecule has 0 spiro atoms. The Bertz CT molecular complexity index is 1160. The van der Waals surface area contributed by atoms with Gasteiger partial charge in [-0.1, -0.05) is 42.5 Å². The number of anilines is 1. The van der Waals surface area contributed by atoms with Crippen LogP contribution in [0, 0.1) is 19.8 Å². The molecule has 2 heterocycles. The number of ether oxygens (including phenoxy) is 1. The number of carbonyl (C=O) groups excluding carboxylic acids is 1. The average molecular weight is 457 g/mol. The molecule has 2 fully saturated rings. The predicted molar refractivity (Wildman–Crippen MR) is 133 cm³/mol. The third kappa shape index (κ3) is 4.63. The lowest BCUT2D eigenvalue weighted by atomic mass is 10.0. The Kier molecular flexibility index (Phi) is 6.22. The molecule has 0 unspecified atom stereocenters. The van der Waals surface area contributed by atoms with Crippen molar-refractivity contribution < 1.29 is 9.53 Å². The first-order chi connectivity index (χ1) is 16.5. The topological polar surface area (TPSA) is 58.6 Å². The van der Waals surface area contributed by atoms with Gasteiger partial charge in [0.25, 0.3) is 0 Å². The molecule has 3 aromatic rings. The highest BCUT2D eigenvalue weighted by atomic mass is 16.5. The molecule has 6 nitrogen and oxygen atoms in total. The summed E-state index contributed by atoms with van der Waals surface area (Å²) < 4.78 is 5.29. The van der Waals surface area contributed by atoms with Gasteiger partial charge in [-0.2, -0.15) is 0 Å². The Labute approximate surface area is 201 Å². The van der Waals surface area contributed by atoms with E-state index in [1.807, 2.05) is 30.0 Å². The van der Waals surface area contributed by atoms with E-state index < -0.39 is 0 Å². The highest BCUT2D eigenvalue weighted by Crippen LogP contribution is 2.48. The maximum absolute atomic E-state index is 13.1. The molecule has 2 aliphatic rings. The standard InChI is InChI=1S/C28H32N4O2/c1-19-24(17-21-9-11-23(34-3)12-10-21)27(30-20(2)29-19)31-13-15-32(16-14-31)28(33)26-18-25(26)22-7-5-4-6-8-22/h4-12,25-26H,13-18H2,1-3H3/t25-,26+/m0/s1. The Balaban J connectivity index is 1.27. The molecule has 2 aromatic carbocycles. The van der Waals surface area contributed by atoms with E-state index in [1.165, 1.54) is 11.1 Å². The number of hydrogen-bond donors (Lipinski definition) is 0. The van der Waals surface area contributed by atoms with Crippen molar-refractivity contribution in [1.82, 2.24) is 14.9 Å². The number of piperazine rings is 1. The average Bonchev–Trinajstić information content (AvgIpc) is 3.67. The second kappa shape index (κ2) is 9.45. The number of rotatable bonds is 6. The van der Waals surface area contributed by atoms with Crippen LogP contribution in [0.2, 0.25) is 0 Å². The van der Waals surface area contributed by atoms with Gasteiger partial charge >= 0.3 is 0 Å². The Hall–Kier alpha value is -3.41. The minimum Gasteiger partial charge on any atom is -0.497 e. The summed E-state index contributed by atoms with van der Waals surface area (Å²) in [6.45, 7) is 7.07. The van der Waals surface area contributed by atoms with Crippen molar-refractivity contribution in [3.8, 4) is 5.75 Å². The fraction of sp³-hybridized carbons (Fsp3) is 0.393. The molecular weight excluding hydrogens is 424 g/mol. The maximum atomic E-state index is 13.1. The summed E-state index contributed by atoms with van der Waals surface area (Å²) in [7, 11) is 1.68. The molecule has 1 amide bonds. The van der Waals surface area contributed by atoms with E-state index >= 15 is 0 Å². The van der Waals surface area contributed by atoms with Crippen LogP contribution in [0.25, 0.3) is 0 Å². The molecule has 6 heteroatoms. The zero-order valence-corrected chi connectivity index (χ0v) is 20.2. The SMILES string of the molecule is COc1ccc(Cc2c(C)nc(C)nc2N2CCN(C(=O)[C@@H]3C[C@H]3c3ccccc3)CC2)cc1. The second-order valence-electron chi connectivity index (χ2n) is 9.35. The van der Waals surface area contributed by atoms with E-state index in [9.17, 15) is 4.79 Å². The third-order valence-corrected chi connectivity index (χ3v) is 7.07. The van der Waals surface area contributed by atoms with Crippen molar-refractivity contribution in [2.75, 3.05) is 38.2 Å². The van der Waals surface area contributed by atoms with Gasteiger partial charge in [-0.05, 0) is 49.4 Å². The van der Waals surface area contributed by atoms with Crippen molar-refractivity contribution in [2.24, 2.45) is 5.92 Å². The molecule has 1 aliphatic heterocycles. The van der Waals surface area contributed by atoms with Crippen molar-refractivity contribution in [2.45, 2.75) is 32.6 Å². The molecule has 0 radical (unpaired) electrons. The minimum absolute atomic E-state index is 0.142. The first-order valence-electron chi connectivity index (χ1n) is 12.1. The minimum atomic E-state index is 0.142. The Morgan fingerprint density at radius 2 is 1.68 bits per heavy atom. The van der Waals surface area contributed by atoms with Crippen LogP contribution < -0.4 is 9.64 Å². The van der Waals surface area contributed by atoms with Gasteiger partial charge in [0.1, 0.15) is 17.4 Å². The predicted octanol–water partition coefficient (Wildman–Crippen LogP) is 4.15. The van der Waals surface area contributed by atoms with Crippen LogP contribution in [0.15, 0.2) is 54.6 Å². The molecule has 2 atom stereocenters. The van der Waals surface area contributed by atoms with Gasteiger partial charge in [-0.3, -0.25) is 4.79 Å². The van der Waals surface area contributed by atoms with Crippen molar-refractivity contribution in [3.63, 3.8) is 0 Å². The van der Waals surface area contributed by atoms with E-state index in [1.54, 1.807) is 7.11 Å². The van der Waals surface area contributed by atoms with Gasteiger partial charge in [-0.15, -0.1) is 0 Å². The van der Waals surface area contributed by atoms with Gasteiger partial charge in [-0.25, -0.2) is 9.97 Å². The van der Waals surface area contributed by atoms with E-state index in [0.29, 0.717) is 11.8 Å². The smallest absolute Gasteiger partial charge is 0.226 e. The van der Waals surface area contributed by atoms with Gasteiger partial charge in [0.15, 0.2) is 0 Å². The molecule has 176 valence electrons. The zero-order valence-electron chi connectivity index (χ0n) is 20.2. The van der Waals surface area contributed by atoms with Gasteiger partial charge in [0, 0.05) is 49.8 Å². The van der Waals surface area contributed by atoms with Crippen LogP contribution in [-0.2, 0) is 11.2 Å². The summed E-state index contributed by atoms with van der Waals surface area (Å²) in [4.78, 5) is 27.0. The molecule has 1 saturated carbocycles. The Morgan fingerprint density at radius 1 is 0.971 bits per heavy atom. The molecule has 5 rings (SSSR count). The molecular formula is C28H32N4O2. The molecule has 0 N–H and O–H groups in total. The lowest BCUT2D eigenvalue weighted by Gasteiger charge is -2.36. The molecule has 1 aliphatic carbocycles. The van der Waals surface area contributed by atoms with Crippen LogP contribution in [0.5, 0.6) is 5.75 Å². The number of aromatic nitrogens is 2. The van der Waals surface area contributed by atoms with Crippen LogP contribution in [-0.4, -0.2) is 54.1 Å². The normalized spacial score (nSPS) is 19.7. The molecule has 34 heavy (non-hydrogen) atoms. The van der Waals surface area contributed by atoms with E-state index in [0.717, 1.165) is 67.7 Å². The highest BCUT2D eigenvalue weighted by molar-refractivity contribution is 5.83. The number of benzene rings is 2. The number of carbonyl (C=O) groups is 1. The van der Waals surface area contributed by atoms with Crippen molar-refractivity contribution >= 4 is 11.7 Å². The summed E-state index contributed by atoms with van der Waals surface area (Å²) in [5, 5.41) is 0. The maximum Gasteiger partial charge on any atom is 0.226 e. The molecule has 0 bridgehead atoms. The van der Waals surface area contributed by atoms with E-state index in [4.69, 9.17) is 9.72 Å². The van der Waals surface area contributed by atoms with Gasteiger partial charge in [0.05, 0.1) is 7.11 Å². The van der Waals surface area contributed by atoms with E-state index in [-0.39, 0.29) is 5.92 Å². The largest absolute Gasteiger partial charge is 0.497 e. The third-order valence-electron chi connectivity index (χ3n) is 7.07. The van der Waals surface area contributed by atoms with Crippen LogP contribution in [0.1, 0.15) is 40.5 Å². The second-order valence-corrected chi connectivity index (χ2v) is 9.35. The monoisotopic (exact) mass is 456 g/mol. The van der Waals surface area contributed by atoms with Gasteiger partial charge < -0.3 is 14.5 Å². The highest BCUT2D eigenvalue weighted by Gasteiger charge is 2.46. The van der Waals surface area contributed by atoms with Crippen molar-refractivity contribution in [3.05, 3.63) is 82.8 Å². The van der Waals surface area contributed by atoms with E-state index in [2.05, 4.69) is 53.2 Å². The fourth-order valence-electron chi connectivity index (χ4n) is 5.04. The Morgan fingerprint density at radius 3 is 2.35 bits per heavy atom. The summed E-state index contributed by atoms with van der Waals surface area (Å²) in [5.41, 5.74) is 4.66. The molecule has 1 aromatic heterocycles. The fourth-order valence-corrected chi connectivity index (χ4v) is 5.04. The number of amides is 1. The van der Waals surface area contributed by atoms with Gasteiger partial charge in [0.2, 0.25) is 5.91 Å². The summed E-state index contributed by atoms with van der Waals surface area (Å²) >= 11 is 0. The summed E-state index contributed by atoms with van der Waals surface area (Å²) in [6.07, 6.45) is 1.74. The first kappa shape index (κ1) is 22.4. The quantitative estimate of drug-likeness (QED) is 0.558. The van der Waals surface area contributed by atoms with Crippen LogP contribution in [0.4, 0.5) is 5.82 Å². The number of nitrogens with zero attached hydrogens (tertiary/aromatic N) is 4. The lowest BCUT2D eigenvalue weighted by molar-refractivity contribution is -0.133. The lowest BCUT2D eigenvalue weighted by Crippen LogP contribution is -2.50. The van der Waals surface area contributed by atoms with Crippen LogP contribution in [0.3, 0.4) is 0 Å². The number of hydrogen-bond acceptors (Lipinski definition) is 5. The van der Waals surface area contributed by atoms with Crippen molar-refractivity contribution in [1.29, 1.82) is 0 Å². The summed E-state index contributed by atoms with van der Waals surface area (Å²) in [5.74, 6) is 3.47. The van der Waals surface area contributed by atoms with Crippen LogP contribution >= 0.6 is 0 Å².